The van der Waals surface area contributed by atoms with Crippen molar-refractivity contribution >= 4 is 28.4 Å². The number of halogens is 1. The van der Waals surface area contributed by atoms with Crippen LogP contribution in [0, 0.1) is 0 Å². The van der Waals surface area contributed by atoms with Crippen molar-refractivity contribution in [1.82, 2.24) is 10.3 Å². The Bertz CT molecular complexity index is 715. The largest absolute Gasteiger partial charge is 0.385 e. The summed E-state index contributed by atoms with van der Waals surface area (Å²) < 4.78 is 5.01. The molecule has 5 heteroatoms. The Morgan fingerprint density at radius 2 is 2.27 bits per heavy atom. The maximum Gasteiger partial charge on any atom is 0.252 e. The lowest BCUT2D eigenvalue weighted by Gasteiger charge is -2.13. The van der Waals surface area contributed by atoms with Gasteiger partial charge in [0, 0.05) is 36.4 Å². The number of benzene rings is 1. The van der Waals surface area contributed by atoms with Crippen molar-refractivity contribution in [3.63, 3.8) is 0 Å². The van der Waals surface area contributed by atoms with Crippen LogP contribution in [0.2, 0.25) is 5.02 Å². The van der Waals surface area contributed by atoms with Crippen LogP contribution in [-0.4, -0.2) is 31.2 Å². The second kappa shape index (κ2) is 6.63. The molecule has 0 saturated heterocycles. The van der Waals surface area contributed by atoms with Crippen molar-refractivity contribution < 1.29 is 9.53 Å². The molecule has 1 aromatic heterocycles. The van der Waals surface area contributed by atoms with Crippen LogP contribution in [0.1, 0.15) is 34.5 Å². The molecule has 1 N–H and O–H groups in total. The minimum Gasteiger partial charge on any atom is -0.385 e. The van der Waals surface area contributed by atoms with E-state index in [1.807, 2.05) is 18.2 Å². The second-order valence-corrected chi connectivity index (χ2v) is 5.97. The Morgan fingerprint density at radius 1 is 1.41 bits per heavy atom. The van der Waals surface area contributed by atoms with E-state index < -0.39 is 0 Å². The monoisotopic (exact) mass is 318 g/mol. The van der Waals surface area contributed by atoms with Crippen LogP contribution in [0.15, 0.2) is 18.2 Å². The van der Waals surface area contributed by atoms with Crippen molar-refractivity contribution in [2.75, 3.05) is 20.3 Å². The Hall–Kier alpha value is -1.65. The Balaban J connectivity index is 1.99. The first-order valence-electron chi connectivity index (χ1n) is 7.59. The third-order valence-corrected chi connectivity index (χ3v) is 4.25. The molecular formula is C17H19ClN2O2. The van der Waals surface area contributed by atoms with Crippen molar-refractivity contribution in [3.05, 3.63) is 40.0 Å². The summed E-state index contributed by atoms with van der Waals surface area (Å²) in [4.78, 5) is 17.4. The normalized spacial score (nSPS) is 13.4. The Labute approximate surface area is 134 Å². The summed E-state index contributed by atoms with van der Waals surface area (Å²) >= 11 is 6.12. The van der Waals surface area contributed by atoms with E-state index in [9.17, 15) is 4.79 Å². The topological polar surface area (TPSA) is 51.2 Å². The molecule has 1 heterocycles. The van der Waals surface area contributed by atoms with Gasteiger partial charge >= 0.3 is 0 Å². The minimum absolute atomic E-state index is 0.0380. The number of carbonyl (C=O) groups is 1. The second-order valence-electron chi connectivity index (χ2n) is 5.53. The Kier molecular flexibility index (Phi) is 4.60. The van der Waals surface area contributed by atoms with Crippen molar-refractivity contribution in [1.29, 1.82) is 0 Å². The number of fused-ring (bicyclic) bond motifs is 2. The molecule has 1 aliphatic rings. The highest BCUT2D eigenvalue weighted by molar-refractivity contribution is 6.31. The maximum atomic E-state index is 12.7. The number of nitrogens with zero attached hydrogens (tertiary/aromatic N) is 1. The smallest absolute Gasteiger partial charge is 0.252 e. The van der Waals surface area contributed by atoms with Gasteiger partial charge in [0.15, 0.2) is 0 Å². The molecule has 22 heavy (non-hydrogen) atoms. The first-order chi connectivity index (χ1) is 10.7. The molecule has 0 bridgehead atoms. The highest BCUT2D eigenvalue weighted by Crippen LogP contribution is 2.31. The third-order valence-electron chi connectivity index (χ3n) is 4.01. The van der Waals surface area contributed by atoms with E-state index in [0.29, 0.717) is 18.2 Å². The molecule has 1 amide bonds. The van der Waals surface area contributed by atoms with Crippen LogP contribution in [0.4, 0.5) is 0 Å². The summed E-state index contributed by atoms with van der Waals surface area (Å²) in [5, 5.41) is 4.46. The summed E-state index contributed by atoms with van der Waals surface area (Å²) in [6.07, 6.45) is 3.70. The zero-order valence-corrected chi connectivity index (χ0v) is 13.4. The molecule has 0 saturated carbocycles. The fraction of sp³-hybridized carbons (Fsp3) is 0.412. The van der Waals surface area contributed by atoms with Crippen molar-refractivity contribution in [3.8, 4) is 0 Å². The molecule has 0 radical (unpaired) electrons. The molecule has 0 atom stereocenters. The summed E-state index contributed by atoms with van der Waals surface area (Å²) in [7, 11) is 1.66. The molecule has 0 unspecified atom stereocenters. The van der Waals surface area contributed by atoms with E-state index in [2.05, 4.69) is 5.32 Å². The van der Waals surface area contributed by atoms with Crippen LogP contribution in [0.3, 0.4) is 0 Å². The minimum atomic E-state index is -0.0380. The van der Waals surface area contributed by atoms with E-state index in [1.165, 1.54) is 0 Å². The third kappa shape index (κ3) is 2.94. The van der Waals surface area contributed by atoms with Gasteiger partial charge in [0.2, 0.25) is 0 Å². The number of nitrogens with one attached hydrogen (secondary N) is 1. The van der Waals surface area contributed by atoms with E-state index in [0.717, 1.165) is 53.4 Å². The van der Waals surface area contributed by atoms with Gasteiger partial charge in [-0.1, -0.05) is 11.6 Å². The number of pyridine rings is 1. The Morgan fingerprint density at radius 3 is 3.09 bits per heavy atom. The van der Waals surface area contributed by atoms with Gasteiger partial charge in [0.1, 0.15) is 0 Å². The van der Waals surface area contributed by atoms with E-state index in [4.69, 9.17) is 21.3 Å². The molecule has 1 aliphatic carbocycles. The molecule has 0 fully saturated rings. The lowest BCUT2D eigenvalue weighted by Crippen LogP contribution is -2.26. The summed E-state index contributed by atoms with van der Waals surface area (Å²) in [5.74, 6) is -0.0380. The number of amides is 1. The van der Waals surface area contributed by atoms with Gasteiger partial charge in [-0.25, -0.2) is 0 Å². The maximum absolute atomic E-state index is 12.7. The summed E-state index contributed by atoms with van der Waals surface area (Å²) in [5.41, 5.74) is 3.72. The SMILES string of the molecule is COCCCNC(=O)c1c2c(nc3ccc(Cl)cc13)CCC2. The number of ether oxygens (including phenoxy) is 1. The summed E-state index contributed by atoms with van der Waals surface area (Å²) in [6, 6.07) is 5.54. The number of rotatable bonds is 5. The lowest BCUT2D eigenvalue weighted by atomic mass is 10.0. The molecule has 2 aromatic rings. The highest BCUT2D eigenvalue weighted by atomic mass is 35.5. The zero-order valence-electron chi connectivity index (χ0n) is 12.6. The van der Waals surface area contributed by atoms with Crippen LogP contribution in [-0.2, 0) is 17.6 Å². The van der Waals surface area contributed by atoms with Crippen molar-refractivity contribution in [2.45, 2.75) is 25.7 Å². The van der Waals surface area contributed by atoms with Crippen LogP contribution >= 0.6 is 11.6 Å². The first-order valence-corrected chi connectivity index (χ1v) is 7.96. The zero-order chi connectivity index (χ0) is 15.5. The average molecular weight is 319 g/mol. The molecule has 116 valence electrons. The fourth-order valence-corrected chi connectivity index (χ4v) is 3.17. The van der Waals surface area contributed by atoms with E-state index >= 15 is 0 Å². The lowest BCUT2D eigenvalue weighted by molar-refractivity contribution is 0.0949. The van der Waals surface area contributed by atoms with Gasteiger partial charge in [-0.2, -0.15) is 0 Å². The first kappa shape index (κ1) is 15.3. The van der Waals surface area contributed by atoms with Gasteiger partial charge in [-0.3, -0.25) is 9.78 Å². The van der Waals surface area contributed by atoms with Gasteiger partial charge in [0.05, 0.1) is 11.1 Å². The fourth-order valence-electron chi connectivity index (χ4n) is 3.00. The van der Waals surface area contributed by atoms with Crippen LogP contribution in [0.25, 0.3) is 10.9 Å². The van der Waals surface area contributed by atoms with Crippen LogP contribution in [0.5, 0.6) is 0 Å². The molecular weight excluding hydrogens is 300 g/mol. The van der Waals surface area contributed by atoms with Gasteiger partial charge < -0.3 is 10.1 Å². The number of aromatic nitrogens is 1. The molecule has 1 aromatic carbocycles. The van der Waals surface area contributed by atoms with Gasteiger partial charge in [0.25, 0.3) is 5.91 Å². The highest BCUT2D eigenvalue weighted by Gasteiger charge is 2.23. The van der Waals surface area contributed by atoms with Gasteiger partial charge in [-0.05, 0) is 49.4 Å². The number of hydrogen-bond donors (Lipinski definition) is 1. The van der Waals surface area contributed by atoms with E-state index in [1.54, 1.807) is 7.11 Å². The number of hydrogen-bond acceptors (Lipinski definition) is 3. The standard InChI is InChI=1S/C17H19ClN2O2/c1-22-9-3-8-19-17(21)16-12-4-2-5-14(12)20-15-7-6-11(18)10-13(15)16/h6-7,10H,2-5,8-9H2,1H3,(H,19,21). The number of methoxy groups -OCH3 is 1. The van der Waals surface area contributed by atoms with Crippen LogP contribution < -0.4 is 5.32 Å². The average Bonchev–Trinajstić information content (AvgIpc) is 2.97. The predicted molar refractivity (Wildman–Crippen MR) is 87.6 cm³/mol. The predicted octanol–water partition coefficient (Wildman–Crippen LogP) is 3.14. The molecule has 0 spiro atoms. The quantitative estimate of drug-likeness (QED) is 0.862. The molecule has 4 nitrogen and oxygen atoms in total. The van der Waals surface area contributed by atoms with Gasteiger partial charge in [-0.15, -0.1) is 0 Å². The summed E-state index contributed by atoms with van der Waals surface area (Å²) in [6.45, 7) is 1.24. The number of aryl methyl sites for hydroxylation is 1. The van der Waals surface area contributed by atoms with E-state index in [-0.39, 0.29) is 5.91 Å². The molecule has 3 rings (SSSR count). The molecule has 0 aliphatic heterocycles. The van der Waals surface area contributed by atoms with Crippen molar-refractivity contribution in [2.24, 2.45) is 0 Å². The number of carbonyl (C=O) groups excluding carboxylic acids is 1.